The van der Waals surface area contributed by atoms with Crippen molar-refractivity contribution in [2.45, 2.75) is 44.2 Å². The van der Waals surface area contributed by atoms with Crippen LogP contribution < -0.4 is 10.9 Å². The predicted octanol–water partition coefficient (Wildman–Crippen LogP) is 5.03. The Kier molecular flexibility index (Phi) is 6.67. The van der Waals surface area contributed by atoms with Crippen molar-refractivity contribution in [2.24, 2.45) is 0 Å². The first kappa shape index (κ1) is 26.4. The normalized spacial score (nSPS) is 13.7. The van der Waals surface area contributed by atoms with E-state index in [1.807, 2.05) is 45.0 Å². The number of aromatic amines is 1. The number of rotatable bonds is 4. The molecule has 3 heterocycles. The van der Waals surface area contributed by atoms with E-state index in [1.165, 1.54) is 0 Å². The van der Waals surface area contributed by atoms with Gasteiger partial charge in [-0.05, 0) is 80.1 Å². The Hall–Kier alpha value is -4.18. The lowest BCUT2D eigenvalue weighted by atomic mass is 9.99. The molecule has 0 aliphatic carbocycles. The quantitative estimate of drug-likeness (QED) is 0.368. The van der Waals surface area contributed by atoms with Gasteiger partial charge < -0.3 is 19.9 Å². The summed E-state index contributed by atoms with van der Waals surface area (Å²) in [5.74, 6) is 0.391. The minimum absolute atomic E-state index is 0.223. The number of fused-ring (bicyclic) bond motifs is 2. The average Bonchev–Trinajstić information content (AvgIpc) is 2.87. The molecule has 4 aromatic rings. The number of nitrogens with zero attached hydrogens (tertiary/aromatic N) is 2. The van der Waals surface area contributed by atoms with Gasteiger partial charge in [0.15, 0.2) is 9.84 Å². The van der Waals surface area contributed by atoms with Gasteiger partial charge >= 0.3 is 6.09 Å². The lowest BCUT2D eigenvalue weighted by Gasteiger charge is -2.31. The highest BCUT2D eigenvalue weighted by Crippen LogP contribution is 2.30. The fraction of sp³-hybridized carbons (Fsp3) is 0.276. The van der Waals surface area contributed by atoms with E-state index in [0.717, 1.165) is 28.6 Å². The maximum absolute atomic E-state index is 12.8. The van der Waals surface area contributed by atoms with E-state index >= 15 is 0 Å². The van der Waals surface area contributed by atoms with Crippen LogP contribution in [0.15, 0.2) is 70.5 Å². The molecule has 1 aliphatic rings. The Morgan fingerprint density at radius 2 is 1.79 bits per heavy atom. The number of pyridine rings is 2. The van der Waals surface area contributed by atoms with E-state index in [9.17, 15) is 18.0 Å². The zero-order chi connectivity index (χ0) is 27.9. The van der Waals surface area contributed by atoms with Crippen LogP contribution in [0.4, 0.5) is 16.3 Å². The molecule has 0 bridgehead atoms. The largest absolute Gasteiger partial charge is 0.444 e. The summed E-state index contributed by atoms with van der Waals surface area (Å²) < 4.78 is 29.3. The standard InChI is InChI=1S/C29H30N4O5S/c1-29(2,3)38-28(35)33-14-12-19-15-22(8-5-21(19)17-33)31-26-25-20(11-13-30-27(25)34)16-24(32-26)18-6-9-23(10-7-18)39(4,36)37/h5-11,13,15-16H,12,14,17H2,1-4H3,(H,30,34)(H,31,32). The van der Waals surface area contributed by atoms with Gasteiger partial charge in [0.25, 0.3) is 5.56 Å². The van der Waals surface area contributed by atoms with Gasteiger partial charge in [0.1, 0.15) is 11.4 Å². The van der Waals surface area contributed by atoms with Gasteiger partial charge in [-0.1, -0.05) is 18.2 Å². The molecule has 2 aromatic heterocycles. The first-order valence-electron chi connectivity index (χ1n) is 12.6. The second-order valence-electron chi connectivity index (χ2n) is 10.7. The van der Waals surface area contributed by atoms with Crippen molar-refractivity contribution in [1.29, 1.82) is 0 Å². The van der Waals surface area contributed by atoms with E-state index in [2.05, 4.69) is 10.3 Å². The topological polar surface area (TPSA) is 121 Å². The zero-order valence-corrected chi connectivity index (χ0v) is 23.1. The molecule has 2 aromatic carbocycles. The third-order valence-electron chi connectivity index (χ3n) is 6.47. The van der Waals surface area contributed by atoms with Crippen LogP contribution in [0.5, 0.6) is 0 Å². The Balaban J connectivity index is 1.46. The smallest absolute Gasteiger partial charge is 0.410 e. The summed E-state index contributed by atoms with van der Waals surface area (Å²) in [4.78, 5) is 34.7. The van der Waals surface area contributed by atoms with E-state index in [1.54, 1.807) is 41.4 Å². The second-order valence-corrected chi connectivity index (χ2v) is 12.7. The molecular weight excluding hydrogens is 516 g/mol. The van der Waals surface area contributed by atoms with Gasteiger partial charge in [-0.25, -0.2) is 18.2 Å². The van der Waals surface area contributed by atoms with Crippen molar-refractivity contribution in [1.82, 2.24) is 14.9 Å². The monoisotopic (exact) mass is 546 g/mol. The Morgan fingerprint density at radius 3 is 2.49 bits per heavy atom. The molecule has 0 radical (unpaired) electrons. The van der Waals surface area contributed by atoms with Crippen LogP contribution in [0.1, 0.15) is 31.9 Å². The van der Waals surface area contributed by atoms with E-state index in [0.29, 0.717) is 41.8 Å². The van der Waals surface area contributed by atoms with Crippen LogP contribution in [-0.4, -0.2) is 47.8 Å². The summed E-state index contributed by atoms with van der Waals surface area (Å²) in [5.41, 5.74) is 3.40. The molecule has 0 saturated heterocycles. The first-order chi connectivity index (χ1) is 18.4. The lowest BCUT2D eigenvalue weighted by molar-refractivity contribution is 0.0224. The zero-order valence-electron chi connectivity index (χ0n) is 22.2. The predicted molar refractivity (Wildman–Crippen MR) is 151 cm³/mol. The molecule has 0 atom stereocenters. The molecule has 5 rings (SSSR count). The summed E-state index contributed by atoms with van der Waals surface area (Å²) in [7, 11) is -3.32. The lowest BCUT2D eigenvalue weighted by Crippen LogP contribution is -2.39. The van der Waals surface area contributed by atoms with Gasteiger partial charge in [-0.2, -0.15) is 0 Å². The molecule has 9 nitrogen and oxygen atoms in total. The number of amides is 1. The van der Waals surface area contributed by atoms with Crippen molar-refractivity contribution < 1.29 is 17.9 Å². The molecule has 0 unspecified atom stereocenters. The van der Waals surface area contributed by atoms with Crippen molar-refractivity contribution >= 4 is 38.2 Å². The Bertz CT molecular complexity index is 1740. The minimum atomic E-state index is -3.32. The van der Waals surface area contributed by atoms with Crippen molar-refractivity contribution in [3.8, 4) is 11.3 Å². The van der Waals surface area contributed by atoms with Gasteiger partial charge in [-0.3, -0.25) is 4.79 Å². The first-order valence-corrected chi connectivity index (χ1v) is 14.5. The van der Waals surface area contributed by atoms with Gasteiger partial charge in [0, 0.05) is 36.8 Å². The molecule has 39 heavy (non-hydrogen) atoms. The molecule has 1 amide bonds. The van der Waals surface area contributed by atoms with Gasteiger partial charge in [-0.15, -0.1) is 0 Å². The van der Waals surface area contributed by atoms with Gasteiger partial charge in [0.2, 0.25) is 0 Å². The molecule has 0 spiro atoms. The van der Waals surface area contributed by atoms with Crippen molar-refractivity contribution in [2.75, 3.05) is 18.1 Å². The summed E-state index contributed by atoms with van der Waals surface area (Å²) in [6.45, 7) is 6.56. The maximum Gasteiger partial charge on any atom is 0.410 e. The molecule has 0 saturated carbocycles. The van der Waals surface area contributed by atoms with Crippen LogP contribution in [0, 0.1) is 0 Å². The Labute approximate surface area is 226 Å². The number of anilines is 2. The highest BCUT2D eigenvalue weighted by Gasteiger charge is 2.26. The number of carbonyl (C=O) groups is 1. The highest BCUT2D eigenvalue weighted by atomic mass is 32.2. The van der Waals surface area contributed by atoms with E-state index < -0.39 is 15.4 Å². The van der Waals surface area contributed by atoms with Crippen LogP contribution in [0.25, 0.3) is 22.0 Å². The fourth-order valence-corrected chi connectivity index (χ4v) is 5.21. The summed E-state index contributed by atoms with van der Waals surface area (Å²) >= 11 is 0. The third-order valence-corrected chi connectivity index (χ3v) is 7.59. The number of hydrogen-bond acceptors (Lipinski definition) is 7. The Morgan fingerprint density at radius 1 is 1.05 bits per heavy atom. The molecular formula is C29H30N4O5S. The number of carbonyl (C=O) groups excluding carboxylic acids is 1. The average molecular weight is 547 g/mol. The van der Waals surface area contributed by atoms with Crippen molar-refractivity contribution in [3.63, 3.8) is 0 Å². The van der Waals surface area contributed by atoms with Crippen molar-refractivity contribution in [3.05, 3.63) is 82.3 Å². The minimum Gasteiger partial charge on any atom is -0.444 e. The van der Waals surface area contributed by atoms with Crippen LogP contribution in [0.2, 0.25) is 0 Å². The summed E-state index contributed by atoms with van der Waals surface area (Å²) in [6, 6.07) is 16.0. The fourth-order valence-electron chi connectivity index (χ4n) is 4.58. The number of nitrogens with one attached hydrogen (secondary N) is 2. The number of H-pyrrole nitrogens is 1. The van der Waals surface area contributed by atoms with Gasteiger partial charge in [0.05, 0.1) is 16.0 Å². The molecule has 0 fully saturated rings. The second kappa shape index (κ2) is 9.85. The molecule has 1 aliphatic heterocycles. The number of benzene rings is 2. The summed E-state index contributed by atoms with van der Waals surface area (Å²) in [6.07, 6.45) is 3.09. The SMILES string of the molecule is CC(C)(C)OC(=O)N1CCc2cc(Nc3nc(-c4ccc(S(C)(=O)=O)cc4)cc4cc[nH]c(=O)c34)ccc2C1. The third kappa shape index (κ3) is 5.80. The number of ether oxygens (including phenoxy) is 1. The van der Waals surface area contributed by atoms with Crippen LogP contribution >= 0.6 is 0 Å². The van der Waals surface area contributed by atoms with E-state index in [-0.39, 0.29) is 16.5 Å². The van der Waals surface area contributed by atoms with E-state index in [4.69, 9.17) is 9.72 Å². The maximum atomic E-state index is 12.8. The van der Waals surface area contributed by atoms with Crippen LogP contribution in [-0.2, 0) is 27.5 Å². The number of sulfone groups is 1. The summed E-state index contributed by atoms with van der Waals surface area (Å²) in [5, 5.41) is 4.43. The van der Waals surface area contributed by atoms with Crippen LogP contribution in [0.3, 0.4) is 0 Å². The highest BCUT2D eigenvalue weighted by molar-refractivity contribution is 7.90. The molecule has 202 valence electrons. The number of hydrogen-bond donors (Lipinski definition) is 2. The number of aromatic nitrogens is 2. The molecule has 2 N–H and O–H groups in total. The molecule has 10 heteroatoms.